The molecule has 1 aromatic rings. The summed E-state index contributed by atoms with van der Waals surface area (Å²) in [4.78, 5) is 11.5. The van der Waals surface area contributed by atoms with E-state index in [0.717, 1.165) is 36.2 Å². The number of aryl methyl sites for hydroxylation is 2. The Kier molecular flexibility index (Phi) is 2.66. The molecule has 0 saturated heterocycles. The molecular formula is C11H14N2O2. The van der Waals surface area contributed by atoms with E-state index in [1.165, 1.54) is 0 Å². The van der Waals surface area contributed by atoms with Crippen molar-refractivity contribution in [3.8, 4) is 0 Å². The molecule has 0 unspecified atom stereocenters. The molecule has 0 aliphatic carbocycles. The first kappa shape index (κ1) is 10.1. The second kappa shape index (κ2) is 3.96. The number of fused-ring (bicyclic) bond motifs is 1. The van der Waals surface area contributed by atoms with Crippen molar-refractivity contribution in [2.24, 2.45) is 0 Å². The van der Waals surface area contributed by atoms with Crippen molar-refractivity contribution in [1.82, 2.24) is 10.2 Å². The Labute approximate surface area is 88.7 Å². The van der Waals surface area contributed by atoms with Gasteiger partial charge in [-0.25, -0.2) is 4.79 Å². The van der Waals surface area contributed by atoms with Crippen LogP contribution in [-0.2, 0) is 24.2 Å². The van der Waals surface area contributed by atoms with E-state index < -0.39 is 0 Å². The fourth-order valence-corrected chi connectivity index (χ4v) is 1.84. The monoisotopic (exact) mass is 206 g/mol. The second-order valence-electron chi connectivity index (χ2n) is 3.63. The van der Waals surface area contributed by atoms with Crippen LogP contribution in [0.2, 0.25) is 0 Å². The molecule has 4 heteroatoms. The third-order valence-electron chi connectivity index (χ3n) is 2.60. The van der Waals surface area contributed by atoms with E-state index in [9.17, 15) is 4.79 Å². The quantitative estimate of drug-likeness (QED) is 0.706. The number of rotatable bonds is 3. The normalized spacial score (nSPS) is 13.9. The van der Waals surface area contributed by atoms with Gasteiger partial charge in [-0.05, 0) is 12.8 Å². The minimum absolute atomic E-state index is 0.242. The maximum Gasteiger partial charge on any atom is 0.340 e. The van der Waals surface area contributed by atoms with Crippen LogP contribution in [0.15, 0.2) is 0 Å². The molecule has 0 spiro atoms. The molecule has 1 aliphatic rings. The van der Waals surface area contributed by atoms with Crippen LogP contribution in [0.4, 0.5) is 0 Å². The van der Waals surface area contributed by atoms with E-state index in [-0.39, 0.29) is 5.97 Å². The van der Waals surface area contributed by atoms with Crippen molar-refractivity contribution in [2.45, 2.75) is 39.7 Å². The number of carbonyl (C=O) groups excluding carboxylic acids is 1. The van der Waals surface area contributed by atoms with Crippen molar-refractivity contribution in [2.75, 3.05) is 0 Å². The first-order chi connectivity index (χ1) is 7.27. The molecule has 0 saturated carbocycles. The number of hydrogen-bond acceptors (Lipinski definition) is 4. The Morgan fingerprint density at radius 2 is 2.00 bits per heavy atom. The highest BCUT2D eigenvalue weighted by molar-refractivity contribution is 5.94. The van der Waals surface area contributed by atoms with E-state index in [4.69, 9.17) is 4.74 Å². The minimum atomic E-state index is -0.242. The average molecular weight is 206 g/mol. The van der Waals surface area contributed by atoms with Crippen LogP contribution in [0.1, 0.15) is 47.6 Å². The number of hydrogen-bond donors (Lipinski definition) is 0. The third kappa shape index (κ3) is 1.60. The molecule has 0 N–H and O–H groups in total. The zero-order valence-corrected chi connectivity index (χ0v) is 9.04. The van der Waals surface area contributed by atoms with Crippen LogP contribution >= 0.6 is 0 Å². The van der Waals surface area contributed by atoms with Crippen LogP contribution in [-0.4, -0.2) is 16.2 Å². The summed E-state index contributed by atoms with van der Waals surface area (Å²) in [5, 5.41) is 8.25. The maximum atomic E-state index is 11.5. The van der Waals surface area contributed by atoms with Gasteiger partial charge in [-0.3, -0.25) is 0 Å². The van der Waals surface area contributed by atoms with Crippen LogP contribution in [0.25, 0.3) is 0 Å². The van der Waals surface area contributed by atoms with Crippen molar-refractivity contribution in [3.63, 3.8) is 0 Å². The lowest BCUT2D eigenvalue weighted by Crippen LogP contribution is -2.07. The maximum absolute atomic E-state index is 11.5. The smallest absolute Gasteiger partial charge is 0.340 e. The van der Waals surface area contributed by atoms with Gasteiger partial charge in [0.2, 0.25) is 0 Å². The molecule has 1 aromatic heterocycles. The Bertz CT molecular complexity index is 402. The molecule has 80 valence electrons. The first-order valence-electron chi connectivity index (χ1n) is 5.32. The Hall–Kier alpha value is -1.45. The highest BCUT2D eigenvalue weighted by atomic mass is 16.5. The van der Waals surface area contributed by atoms with Crippen molar-refractivity contribution in [3.05, 3.63) is 22.5 Å². The lowest BCUT2D eigenvalue weighted by atomic mass is 10.0. The van der Waals surface area contributed by atoms with Gasteiger partial charge in [0.25, 0.3) is 0 Å². The predicted molar refractivity (Wildman–Crippen MR) is 54.5 cm³/mol. The molecule has 2 heterocycles. The molecule has 1 aliphatic heterocycles. The molecule has 4 nitrogen and oxygen atoms in total. The molecule has 0 radical (unpaired) electrons. The molecular weight excluding hydrogens is 192 g/mol. The van der Waals surface area contributed by atoms with Crippen molar-refractivity contribution < 1.29 is 9.53 Å². The van der Waals surface area contributed by atoms with Crippen LogP contribution < -0.4 is 0 Å². The summed E-state index contributed by atoms with van der Waals surface area (Å²) in [6, 6.07) is 0. The number of cyclic esters (lactones) is 1. The van der Waals surface area contributed by atoms with E-state index in [1.54, 1.807) is 0 Å². The molecule has 2 rings (SSSR count). The number of nitrogens with zero attached hydrogens (tertiary/aromatic N) is 2. The molecule has 0 bridgehead atoms. The standard InChI is InChI=1S/C11H14N2O2/c1-3-5-9-7-6-15-11(14)10(7)8(4-2)12-13-9/h3-6H2,1-2H3. The molecule has 15 heavy (non-hydrogen) atoms. The number of carbonyl (C=O) groups is 1. The SMILES string of the molecule is CCCc1nnc(CC)c2c1COC2=O. The van der Waals surface area contributed by atoms with Crippen molar-refractivity contribution in [1.29, 1.82) is 0 Å². The predicted octanol–water partition coefficient (Wildman–Crippen LogP) is 1.66. The van der Waals surface area contributed by atoms with Crippen LogP contribution in [0.3, 0.4) is 0 Å². The van der Waals surface area contributed by atoms with Gasteiger partial charge in [0.15, 0.2) is 0 Å². The lowest BCUT2D eigenvalue weighted by molar-refractivity contribution is 0.0534. The number of esters is 1. The fourth-order valence-electron chi connectivity index (χ4n) is 1.84. The van der Waals surface area contributed by atoms with E-state index in [0.29, 0.717) is 12.2 Å². The largest absolute Gasteiger partial charge is 0.457 e. The highest BCUT2D eigenvalue weighted by Crippen LogP contribution is 2.25. The van der Waals surface area contributed by atoms with E-state index >= 15 is 0 Å². The number of ether oxygens (including phenoxy) is 1. The van der Waals surface area contributed by atoms with Crippen LogP contribution in [0.5, 0.6) is 0 Å². The number of aromatic nitrogens is 2. The molecule has 0 aromatic carbocycles. The van der Waals surface area contributed by atoms with Gasteiger partial charge in [-0.2, -0.15) is 10.2 Å². The highest BCUT2D eigenvalue weighted by Gasteiger charge is 2.28. The van der Waals surface area contributed by atoms with Gasteiger partial charge in [-0.1, -0.05) is 20.3 Å². The summed E-state index contributed by atoms with van der Waals surface area (Å²) in [7, 11) is 0. The summed E-state index contributed by atoms with van der Waals surface area (Å²) in [6.07, 6.45) is 2.58. The summed E-state index contributed by atoms with van der Waals surface area (Å²) < 4.78 is 5.03. The summed E-state index contributed by atoms with van der Waals surface area (Å²) >= 11 is 0. The Balaban J connectivity index is 2.52. The topological polar surface area (TPSA) is 52.1 Å². The van der Waals surface area contributed by atoms with Crippen molar-refractivity contribution >= 4 is 5.97 Å². The average Bonchev–Trinajstić information content (AvgIpc) is 2.63. The van der Waals surface area contributed by atoms with Gasteiger partial charge in [0.1, 0.15) is 6.61 Å². The van der Waals surface area contributed by atoms with E-state index in [2.05, 4.69) is 17.1 Å². The fraction of sp³-hybridized carbons (Fsp3) is 0.545. The Morgan fingerprint density at radius 3 is 2.67 bits per heavy atom. The van der Waals surface area contributed by atoms with E-state index in [1.807, 2.05) is 6.92 Å². The summed E-state index contributed by atoms with van der Waals surface area (Å²) in [5.41, 5.74) is 3.28. The lowest BCUT2D eigenvalue weighted by Gasteiger charge is -2.05. The third-order valence-corrected chi connectivity index (χ3v) is 2.60. The van der Waals surface area contributed by atoms with Gasteiger partial charge in [-0.15, -0.1) is 0 Å². The molecule has 0 atom stereocenters. The first-order valence-corrected chi connectivity index (χ1v) is 5.32. The van der Waals surface area contributed by atoms with Crippen LogP contribution in [0, 0.1) is 0 Å². The van der Waals surface area contributed by atoms with Gasteiger partial charge >= 0.3 is 5.97 Å². The molecule has 0 fully saturated rings. The Morgan fingerprint density at radius 1 is 1.27 bits per heavy atom. The zero-order valence-electron chi connectivity index (χ0n) is 9.04. The minimum Gasteiger partial charge on any atom is -0.457 e. The van der Waals surface area contributed by atoms with Gasteiger partial charge < -0.3 is 4.74 Å². The summed E-state index contributed by atoms with van der Waals surface area (Å²) in [5.74, 6) is -0.242. The summed E-state index contributed by atoms with van der Waals surface area (Å²) in [6.45, 7) is 4.42. The van der Waals surface area contributed by atoms with Gasteiger partial charge in [0, 0.05) is 5.56 Å². The van der Waals surface area contributed by atoms with Gasteiger partial charge in [0.05, 0.1) is 17.0 Å². The second-order valence-corrected chi connectivity index (χ2v) is 3.63. The molecule has 0 amide bonds. The zero-order chi connectivity index (χ0) is 10.8.